The summed E-state index contributed by atoms with van der Waals surface area (Å²) in [6, 6.07) is 8.55. The highest BCUT2D eigenvalue weighted by Gasteiger charge is 2.31. The number of hydrogen-bond donors (Lipinski definition) is 2. The van der Waals surface area contributed by atoms with E-state index in [-0.39, 0.29) is 28.2 Å². The topological polar surface area (TPSA) is 121 Å². The van der Waals surface area contributed by atoms with Crippen molar-refractivity contribution in [3.05, 3.63) is 87.7 Å². The Morgan fingerprint density at radius 2 is 1.89 bits per heavy atom. The largest absolute Gasteiger partial charge is 0.416 e. The number of hydrogen-bond acceptors (Lipinski definition) is 6. The van der Waals surface area contributed by atoms with Gasteiger partial charge in [-0.25, -0.2) is 9.07 Å². The molecule has 4 aromatic rings. The van der Waals surface area contributed by atoms with Gasteiger partial charge in [0.05, 0.1) is 23.5 Å². The lowest BCUT2D eigenvalue weighted by Gasteiger charge is -2.17. The Hall–Kier alpha value is -4.55. The van der Waals surface area contributed by atoms with Crippen molar-refractivity contribution in [3.63, 3.8) is 0 Å². The molecule has 1 atom stereocenters. The van der Waals surface area contributed by atoms with E-state index < -0.39 is 35.1 Å². The molecule has 9 nitrogen and oxygen atoms in total. The van der Waals surface area contributed by atoms with Crippen LogP contribution >= 0.6 is 0 Å². The Kier molecular flexibility index (Phi) is 6.31. The number of nitrogen functional groups attached to an aromatic ring is 1. The molecule has 2 aromatic carbocycles. The summed E-state index contributed by atoms with van der Waals surface area (Å²) in [5.74, 6) is -1.58. The number of nitrogens with two attached hydrogens (primary N) is 1. The van der Waals surface area contributed by atoms with E-state index in [0.29, 0.717) is 5.69 Å². The zero-order valence-electron chi connectivity index (χ0n) is 18.9. The second kappa shape index (κ2) is 9.24. The van der Waals surface area contributed by atoms with Gasteiger partial charge >= 0.3 is 6.18 Å². The molecule has 186 valence electrons. The quantitative estimate of drug-likeness (QED) is 0.320. The van der Waals surface area contributed by atoms with Crippen molar-refractivity contribution in [2.24, 2.45) is 7.05 Å². The molecule has 0 fully saturated rings. The minimum absolute atomic E-state index is 0.110. The van der Waals surface area contributed by atoms with Crippen LogP contribution in [0, 0.1) is 5.82 Å². The second-order valence-corrected chi connectivity index (χ2v) is 7.93. The monoisotopic (exact) mass is 501 g/mol. The lowest BCUT2D eigenvalue weighted by Crippen LogP contribution is -2.31. The Labute approximate surface area is 201 Å². The van der Waals surface area contributed by atoms with Gasteiger partial charge in [0.25, 0.3) is 11.5 Å². The fourth-order valence-corrected chi connectivity index (χ4v) is 3.56. The van der Waals surface area contributed by atoms with E-state index in [4.69, 9.17) is 5.73 Å². The maximum absolute atomic E-state index is 15.3. The summed E-state index contributed by atoms with van der Waals surface area (Å²) in [5.41, 5.74) is 3.93. The Morgan fingerprint density at radius 3 is 2.56 bits per heavy atom. The lowest BCUT2D eigenvalue weighted by atomic mass is 10.0. The molecule has 0 aliphatic rings. The van der Waals surface area contributed by atoms with E-state index in [0.717, 1.165) is 28.9 Å². The number of anilines is 1. The summed E-state index contributed by atoms with van der Waals surface area (Å²) >= 11 is 0. The van der Waals surface area contributed by atoms with Gasteiger partial charge in [0, 0.05) is 24.4 Å². The number of alkyl halides is 3. The van der Waals surface area contributed by atoms with Gasteiger partial charge in [-0.2, -0.15) is 23.0 Å². The third kappa shape index (κ3) is 4.80. The van der Waals surface area contributed by atoms with Crippen LogP contribution in [-0.2, 0) is 13.2 Å². The fraction of sp³-hybridized carbons (Fsp3) is 0.174. The van der Waals surface area contributed by atoms with E-state index in [1.165, 1.54) is 42.1 Å². The molecular weight excluding hydrogens is 482 g/mol. The first-order chi connectivity index (χ1) is 17.0. The molecule has 4 rings (SSSR count). The lowest BCUT2D eigenvalue weighted by molar-refractivity contribution is -0.137. The predicted molar refractivity (Wildman–Crippen MR) is 122 cm³/mol. The molecule has 0 unspecified atom stereocenters. The van der Waals surface area contributed by atoms with E-state index >= 15 is 4.39 Å². The minimum atomic E-state index is -4.62. The summed E-state index contributed by atoms with van der Waals surface area (Å²) in [5, 5.41) is 14.0. The van der Waals surface area contributed by atoms with Crippen molar-refractivity contribution in [1.82, 2.24) is 30.1 Å². The van der Waals surface area contributed by atoms with Crippen LogP contribution in [-0.4, -0.2) is 30.7 Å². The maximum atomic E-state index is 15.3. The van der Waals surface area contributed by atoms with Gasteiger partial charge in [0.1, 0.15) is 11.4 Å². The van der Waals surface area contributed by atoms with E-state index in [1.54, 1.807) is 7.05 Å². The molecule has 2 aromatic heterocycles. The van der Waals surface area contributed by atoms with Crippen LogP contribution in [0.1, 0.15) is 34.6 Å². The molecule has 2 heterocycles. The standard InChI is InChI=1S/C23H19F4N7O2/c1-12(13-8-14(23(25,26)27)10-15(28)9-13)30-22(36)17-6-7-20(35)34(31-17)18-5-3-4-16(21(18)24)19-11-29-32-33(19)2/h3-12H,28H2,1-2H3,(H,30,36)/t12-/m1/s1. The normalized spacial score (nSPS) is 12.4. The highest BCUT2D eigenvalue weighted by atomic mass is 19.4. The van der Waals surface area contributed by atoms with Crippen molar-refractivity contribution in [2.75, 3.05) is 5.73 Å². The third-order valence-electron chi connectivity index (χ3n) is 5.38. The van der Waals surface area contributed by atoms with Gasteiger partial charge in [0.2, 0.25) is 0 Å². The van der Waals surface area contributed by atoms with Crippen molar-refractivity contribution < 1.29 is 22.4 Å². The number of amides is 1. The molecule has 0 aliphatic carbocycles. The number of nitrogens with zero attached hydrogens (tertiary/aromatic N) is 5. The first-order valence-corrected chi connectivity index (χ1v) is 10.5. The van der Waals surface area contributed by atoms with Crippen molar-refractivity contribution in [2.45, 2.75) is 19.1 Å². The number of carbonyl (C=O) groups excluding carboxylic acids is 1. The van der Waals surface area contributed by atoms with Crippen LogP contribution in [0.25, 0.3) is 16.9 Å². The Bertz CT molecular complexity index is 1510. The molecule has 0 saturated carbocycles. The summed E-state index contributed by atoms with van der Waals surface area (Å²) in [7, 11) is 1.57. The van der Waals surface area contributed by atoms with Gasteiger partial charge in [-0.15, -0.1) is 5.10 Å². The smallest absolute Gasteiger partial charge is 0.399 e. The number of halogens is 4. The van der Waals surface area contributed by atoms with Crippen LogP contribution < -0.4 is 16.6 Å². The highest BCUT2D eigenvalue weighted by Crippen LogP contribution is 2.32. The van der Waals surface area contributed by atoms with Crippen molar-refractivity contribution >= 4 is 11.6 Å². The van der Waals surface area contributed by atoms with Crippen LogP contribution in [0.5, 0.6) is 0 Å². The number of aryl methyl sites for hydroxylation is 1. The molecular formula is C23H19F4N7O2. The summed E-state index contributed by atoms with van der Waals surface area (Å²) in [4.78, 5) is 25.3. The Balaban J connectivity index is 1.65. The van der Waals surface area contributed by atoms with Crippen LogP contribution in [0.3, 0.4) is 0 Å². The number of benzene rings is 2. The van der Waals surface area contributed by atoms with E-state index in [9.17, 15) is 22.8 Å². The zero-order chi connectivity index (χ0) is 26.2. The third-order valence-corrected chi connectivity index (χ3v) is 5.38. The average molecular weight is 501 g/mol. The van der Waals surface area contributed by atoms with Gasteiger partial charge in [-0.1, -0.05) is 11.3 Å². The fourth-order valence-electron chi connectivity index (χ4n) is 3.56. The van der Waals surface area contributed by atoms with Gasteiger partial charge in [-0.05, 0) is 48.9 Å². The van der Waals surface area contributed by atoms with Crippen molar-refractivity contribution in [1.29, 1.82) is 0 Å². The number of rotatable bonds is 5. The van der Waals surface area contributed by atoms with Crippen LogP contribution in [0.2, 0.25) is 0 Å². The van der Waals surface area contributed by atoms with Crippen LogP contribution in [0.15, 0.2) is 59.5 Å². The number of aromatic nitrogens is 5. The molecule has 13 heteroatoms. The zero-order valence-corrected chi connectivity index (χ0v) is 18.9. The molecule has 36 heavy (non-hydrogen) atoms. The Morgan fingerprint density at radius 1 is 1.14 bits per heavy atom. The van der Waals surface area contributed by atoms with Gasteiger partial charge < -0.3 is 11.1 Å². The summed E-state index contributed by atoms with van der Waals surface area (Å²) < 4.78 is 56.8. The molecule has 0 aliphatic heterocycles. The number of nitrogens with one attached hydrogen (secondary N) is 1. The minimum Gasteiger partial charge on any atom is -0.399 e. The van der Waals surface area contributed by atoms with Gasteiger partial charge in [0.15, 0.2) is 5.82 Å². The summed E-state index contributed by atoms with van der Waals surface area (Å²) in [6.07, 6.45) is -3.26. The molecule has 0 spiro atoms. The molecule has 0 bridgehead atoms. The van der Waals surface area contributed by atoms with Crippen LogP contribution in [0.4, 0.5) is 23.2 Å². The second-order valence-electron chi connectivity index (χ2n) is 7.93. The highest BCUT2D eigenvalue weighted by molar-refractivity contribution is 5.92. The maximum Gasteiger partial charge on any atom is 0.416 e. The first-order valence-electron chi connectivity index (χ1n) is 10.5. The van der Waals surface area contributed by atoms with E-state index in [1.807, 2.05) is 0 Å². The predicted octanol–water partition coefficient (Wildman–Crippen LogP) is 3.26. The molecule has 0 saturated heterocycles. The average Bonchev–Trinajstić information content (AvgIpc) is 3.24. The first kappa shape index (κ1) is 24.6. The molecule has 3 N–H and O–H groups in total. The SMILES string of the molecule is C[C@@H](NC(=O)c1ccc(=O)n(-c2cccc(-c3cnnn3C)c2F)n1)c1cc(N)cc(C(F)(F)F)c1. The molecule has 1 amide bonds. The summed E-state index contributed by atoms with van der Waals surface area (Å²) in [6.45, 7) is 1.47. The molecule has 0 radical (unpaired) electrons. The van der Waals surface area contributed by atoms with Gasteiger partial charge in [-0.3, -0.25) is 9.59 Å². The number of carbonyl (C=O) groups is 1. The van der Waals surface area contributed by atoms with E-state index in [2.05, 4.69) is 20.7 Å². The van der Waals surface area contributed by atoms with Crippen molar-refractivity contribution in [3.8, 4) is 16.9 Å².